The summed E-state index contributed by atoms with van der Waals surface area (Å²) in [6.45, 7) is 1.19. The highest BCUT2D eigenvalue weighted by atomic mass is 35.5. The number of hydrogen-bond acceptors (Lipinski definition) is 2. The van der Waals surface area contributed by atoms with E-state index >= 15 is 0 Å². The average Bonchev–Trinajstić information content (AvgIpc) is 3.09. The van der Waals surface area contributed by atoms with E-state index in [1.165, 1.54) is 12.8 Å². The zero-order valence-electron chi connectivity index (χ0n) is 14.0. The van der Waals surface area contributed by atoms with Gasteiger partial charge in [-0.15, -0.1) is 0 Å². The summed E-state index contributed by atoms with van der Waals surface area (Å²) in [5.74, 6) is 0.236. The normalized spacial score (nSPS) is 22.0. The number of piperidine rings is 1. The first-order chi connectivity index (χ1) is 11.6. The second-order valence-electron chi connectivity index (χ2n) is 6.89. The summed E-state index contributed by atoms with van der Waals surface area (Å²) in [4.78, 5) is 26.6. The Labute approximate surface area is 148 Å². The lowest BCUT2D eigenvalue weighted by Crippen LogP contribution is -2.49. The fourth-order valence-corrected chi connectivity index (χ4v) is 4.03. The third kappa shape index (κ3) is 4.29. The second kappa shape index (κ2) is 8.02. The number of carbonyl (C=O) groups is 2. The Kier molecular flexibility index (Phi) is 5.77. The summed E-state index contributed by atoms with van der Waals surface area (Å²) in [6.07, 6.45) is 6.53. The van der Waals surface area contributed by atoms with Crippen molar-refractivity contribution in [3.8, 4) is 0 Å². The molecule has 2 amide bonds. The standard InChI is InChI=1S/C19H25ClN2O2/c20-16-5-3-4-14(12-16)10-11-21-19(24)15-8-9-18(23)22(13-15)17-6-1-2-7-17/h3-5,12,15,17H,1-2,6-11,13H2,(H,21,24)/t15-/m1/s1. The molecule has 1 saturated heterocycles. The maximum Gasteiger partial charge on any atom is 0.224 e. The maximum absolute atomic E-state index is 12.4. The molecule has 1 aliphatic carbocycles. The quantitative estimate of drug-likeness (QED) is 0.888. The Balaban J connectivity index is 1.48. The zero-order chi connectivity index (χ0) is 16.9. The molecule has 0 bridgehead atoms. The Morgan fingerprint density at radius 1 is 1.25 bits per heavy atom. The number of benzene rings is 1. The average molecular weight is 349 g/mol. The van der Waals surface area contributed by atoms with E-state index in [1.807, 2.05) is 29.2 Å². The van der Waals surface area contributed by atoms with Crippen molar-refractivity contribution in [1.29, 1.82) is 0 Å². The molecule has 0 aromatic heterocycles. The van der Waals surface area contributed by atoms with Crippen LogP contribution in [0.5, 0.6) is 0 Å². The van der Waals surface area contributed by atoms with Crippen LogP contribution in [0.4, 0.5) is 0 Å². The van der Waals surface area contributed by atoms with Gasteiger partial charge in [-0.2, -0.15) is 0 Å². The molecule has 1 N–H and O–H groups in total. The van der Waals surface area contributed by atoms with Gasteiger partial charge in [0.1, 0.15) is 0 Å². The minimum Gasteiger partial charge on any atom is -0.355 e. The number of carbonyl (C=O) groups excluding carboxylic acids is 2. The van der Waals surface area contributed by atoms with E-state index in [0.717, 1.165) is 29.8 Å². The fraction of sp³-hybridized carbons (Fsp3) is 0.579. The van der Waals surface area contributed by atoms with Crippen LogP contribution >= 0.6 is 11.6 Å². The van der Waals surface area contributed by atoms with Gasteiger partial charge in [-0.25, -0.2) is 0 Å². The molecule has 1 aliphatic heterocycles. The Morgan fingerprint density at radius 2 is 2.04 bits per heavy atom. The van der Waals surface area contributed by atoms with Gasteiger partial charge in [-0.3, -0.25) is 9.59 Å². The highest BCUT2D eigenvalue weighted by molar-refractivity contribution is 6.30. The van der Waals surface area contributed by atoms with E-state index in [1.54, 1.807) is 0 Å². The topological polar surface area (TPSA) is 49.4 Å². The van der Waals surface area contributed by atoms with Gasteiger partial charge in [0.25, 0.3) is 0 Å². The van der Waals surface area contributed by atoms with E-state index in [4.69, 9.17) is 11.6 Å². The lowest BCUT2D eigenvalue weighted by Gasteiger charge is -2.36. The smallest absolute Gasteiger partial charge is 0.224 e. The molecular formula is C19H25ClN2O2. The van der Waals surface area contributed by atoms with Gasteiger partial charge in [0, 0.05) is 30.6 Å². The molecule has 2 fully saturated rings. The third-order valence-corrected chi connectivity index (χ3v) is 5.42. The maximum atomic E-state index is 12.4. The molecule has 1 atom stereocenters. The largest absolute Gasteiger partial charge is 0.355 e. The van der Waals surface area contributed by atoms with Gasteiger partial charge >= 0.3 is 0 Å². The molecule has 0 radical (unpaired) electrons. The first-order valence-electron chi connectivity index (χ1n) is 8.95. The fourth-order valence-electron chi connectivity index (χ4n) is 3.82. The van der Waals surface area contributed by atoms with Crippen LogP contribution in [0.15, 0.2) is 24.3 Å². The molecule has 1 aromatic carbocycles. The van der Waals surface area contributed by atoms with E-state index in [0.29, 0.717) is 32.0 Å². The predicted molar refractivity (Wildman–Crippen MR) is 94.9 cm³/mol. The molecule has 4 nitrogen and oxygen atoms in total. The molecule has 1 aromatic rings. The minimum absolute atomic E-state index is 0.0670. The molecule has 24 heavy (non-hydrogen) atoms. The molecular weight excluding hydrogens is 324 g/mol. The van der Waals surface area contributed by atoms with Crippen molar-refractivity contribution in [3.05, 3.63) is 34.9 Å². The molecule has 5 heteroatoms. The summed E-state index contributed by atoms with van der Waals surface area (Å²) in [5.41, 5.74) is 1.12. The number of halogens is 1. The van der Waals surface area contributed by atoms with Crippen LogP contribution < -0.4 is 5.32 Å². The van der Waals surface area contributed by atoms with Crippen LogP contribution in [0.1, 0.15) is 44.1 Å². The van der Waals surface area contributed by atoms with Crippen molar-refractivity contribution in [1.82, 2.24) is 10.2 Å². The predicted octanol–water partition coefficient (Wildman–Crippen LogP) is 3.18. The Bertz CT molecular complexity index is 599. The highest BCUT2D eigenvalue weighted by Gasteiger charge is 2.34. The van der Waals surface area contributed by atoms with Gasteiger partial charge in [-0.1, -0.05) is 36.6 Å². The molecule has 3 rings (SSSR count). The van der Waals surface area contributed by atoms with Crippen LogP contribution in [0.25, 0.3) is 0 Å². The summed E-state index contributed by atoms with van der Waals surface area (Å²) >= 11 is 5.98. The van der Waals surface area contributed by atoms with Crippen molar-refractivity contribution in [2.75, 3.05) is 13.1 Å². The number of likely N-dealkylation sites (tertiary alicyclic amines) is 1. The summed E-state index contributed by atoms with van der Waals surface area (Å²) in [7, 11) is 0. The summed E-state index contributed by atoms with van der Waals surface area (Å²) in [6, 6.07) is 8.07. The SMILES string of the molecule is O=C(NCCc1cccc(Cl)c1)[C@@H]1CCC(=O)N(C2CCCC2)C1. The van der Waals surface area contributed by atoms with Crippen molar-refractivity contribution in [3.63, 3.8) is 0 Å². The molecule has 1 heterocycles. The Hall–Kier alpha value is -1.55. The molecule has 130 valence electrons. The molecule has 0 unspecified atom stereocenters. The van der Waals surface area contributed by atoms with Crippen LogP contribution in [0.2, 0.25) is 5.02 Å². The van der Waals surface area contributed by atoms with E-state index in [9.17, 15) is 9.59 Å². The van der Waals surface area contributed by atoms with Crippen LogP contribution in [-0.2, 0) is 16.0 Å². The van der Waals surface area contributed by atoms with Crippen LogP contribution in [-0.4, -0.2) is 35.8 Å². The molecule has 2 aliphatic rings. The lowest BCUT2D eigenvalue weighted by molar-refractivity contribution is -0.140. The van der Waals surface area contributed by atoms with Gasteiger partial charge in [0.15, 0.2) is 0 Å². The van der Waals surface area contributed by atoms with Crippen molar-refractivity contribution >= 4 is 23.4 Å². The van der Waals surface area contributed by atoms with E-state index in [2.05, 4.69) is 5.32 Å². The number of rotatable bonds is 5. The summed E-state index contributed by atoms with van der Waals surface area (Å²) in [5, 5.41) is 3.75. The summed E-state index contributed by atoms with van der Waals surface area (Å²) < 4.78 is 0. The highest BCUT2D eigenvalue weighted by Crippen LogP contribution is 2.28. The second-order valence-corrected chi connectivity index (χ2v) is 7.33. The zero-order valence-corrected chi connectivity index (χ0v) is 14.7. The van der Waals surface area contributed by atoms with Crippen molar-refractivity contribution < 1.29 is 9.59 Å². The minimum atomic E-state index is -0.0670. The number of nitrogens with one attached hydrogen (secondary N) is 1. The molecule has 0 spiro atoms. The van der Waals surface area contributed by atoms with Crippen LogP contribution in [0, 0.1) is 5.92 Å². The number of hydrogen-bond donors (Lipinski definition) is 1. The first-order valence-corrected chi connectivity index (χ1v) is 9.33. The lowest BCUT2D eigenvalue weighted by atomic mass is 9.95. The van der Waals surface area contributed by atoms with E-state index < -0.39 is 0 Å². The first kappa shape index (κ1) is 17.3. The van der Waals surface area contributed by atoms with Crippen molar-refractivity contribution in [2.45, 2.75) is 51.0 Å². The molecule has 1 saturated carbocycles. The monoisotopic (exact) mass is 348 g/mol. The van der Waals surface area contributed by atoms with Crippen LogP contribution in [0.3, 0.4) is 0 Å². The van der Waals surface area contributed by atoms with E-state index in [-0.39, 0.29) is 17.7 Å². The number of amides is 2. The van der Waals surface area contributed by atoms with Crippen molar-refractivity contribution in [2.24, 2.45) is 5.92 Å². The van der Waals surface area contributed by atoms with Gasteiger partial charge in [-0.05, 0) is 43.4 Å². The van der Waals surface area contributed by atoms with Gasteiger partial charge in [0.05, 0.1) is 5.92 Å². The van der Waals surface area contributed by atoms with Gasteiger partial charge in [0.2, 0.25) is 11.8 Å². The Morgan fingerprint density at radius 3 is 2.79 bits per heavy atom. The van der Waals surface area contributed by atoms with Gasteiger partial charge < -0.3 is 10.2 Å². The third-order valence-electron chi connectivity index (χ3n) is 5.18. The number of nitrogens with zero attached hydrogens (tertiary/aromatic N) is 1.